The summed E-state index contributed by atoms with van der Waals surface area (Å²) in [4.78, 5) is 17.6. The van der Waals surface area contributed by atoms with Gasteiger partial charge in [0.15, 0.2) is 5.78 Å². The van der Waals surface area contributed by atoms with Crippen molar-refractivity contribution >= 4 is 28.8 Å². The van der Waals surface area contributed by atoms with Gasteiger partial charge in [0.2, 0.25) is 0 Å². The number of hydrogen-bond donors (Lipinski definition) is 0. The minimum absolute atomic E-state index is 0. The Hall–Kier alpha value is -2.87. The van der Waals surface area contributed by atoms with Crippen LogP contribution in [0.15, 0.2) is 60.7 Å². The molecule has 0 fully saturated rings. The van der Waals surface area contributed by atoms with E-state index in [4.69, 9.17) is 4.98 Å². The molecule has 4 aromatic rings. The SMILES string of the molecule is O=C1c2cc(-c3cc4c5c(cccc5n3)C=C4)[c-]cc2-c2ccccc21.[Ir]. The van der Waals surface area contributed by atoms with E-state index in [1.807, 2.05) is 48.5 Å². The predicted octanol–water partition coefficient (Wildman–Crippen LogP) is 5.39. The molecule has 129 valence electrons. The summed E-state index contributed by atoms with van der Waals surface area (Å²) in [7, 11) is 0. The van der Waals surface area contributed by atoms with Crippen LogP contribution in [0.2, 0.25) is 0 Å². The first-order valence-corrected chi connectivity index (χ1v) is 8.62. The van der Waals surface area contributed by atoms with Gasteiger partial charge >= 0.3 is 0 Å². The van der Waals surface area contributed by atoms with Gasteiger partial charge in [-0.3, -0.25) is 9.78 Å². The Bertz CT molecular complexity index is 1300. The maximum atomic E-state index is 12.8. The maximum absolute atomic E-state index is 12.8. The van der Waals surface area contributed by atoms with Crippen molar-refractivity contribution in [2.45, 2.75) is 0 Å². The maximum Gasteiger partial charge on any atom is 0.175 e. The minimum Gasteiger partial charge on any atom is -0.296 e. The van der Waals surface area contributed by atoms with Gasteiger partial charge in [-0.25, -0.2) is 0 Å². The van der Waals surface area contributed by atoms with E-state index >= 15 is 0 Å². The van der Waals surface area contributed by atoms with Crippen LogP contribution in [0, 0.1) is 6.07 Å². The van der Waals surface area contributed by atoms with Crippen molar-refractivity contribution in [2.24, 2.45) is 0 Å². The zero-order valence-corrected chi connectivity index (χ0v) is 16.5. The molecule has 1 radical (unpaired) electrons. The Morgan fingerprint density at radius 1 is 0.778 bits per heavy atom. The molecule has 27 heavy (non-hydrogen) atoms. The Morgan fingerprint density at radius 3 is 2.48 bits per heavy atom. The van der Waals surface area contributed by atoms with E-state index in [9.17, 15) is 4.79 Å². The fourth-order valence-electron chi connectivity index (χ4n) is 4.05. The molecule has 0 unspecified atom stereocenters. The summed E-state index contributed by atoms with van der Waals surface area (Å²) in [6, 6.07) is 23.2. The fraction of sp³-hybridized carbons (Fsp3) is 0. The van der Waals surface area contributed by atoms with Crippen LogP contribution in [-0.4, -0.2) is 10.8 Å². The molecule has 0 N–H and O–H groups in total. The molecule has 0 saturated carbocycles. The molecule has 0 spiro atoms. The molecule has 2 nitrogen and oxygen atoms in total. The van der Waals surface area contributed by atoms with Crippen LogP contribution in [0.5, 0.6) is 0 Å². The van der Waals surface area contributed by atoms with Gasteiger partial charge in [-0.15, -0.1) is 23.8 Å². The van der Waals surface area contributed by atoms with Crippen LogP contribution in [0.3, 0.4) is 0 Å². The zero-order chi connectivity index (χ0) is 17.3. The van der Waals surface area contributed by atoms with E-state index < -0.39 is 0 Å². The average molecular weight is 523 g/mol. The normalized spacial score (nSPS) is 12.8. The Labute approximate surface area is 169 Å². The van der Waals surface area contributed by atoms with E-state index in [2.05, 4.69) is 30.4 Å². The second kappa shape index (κ2) is 5.82. The number of carbonyl (C=O) groups excluding carboxylic acids is 1. The molecule has 0 atom stereocenters. The molecule has 0 bridgehead atoms. The standard InChI is InChI=1S/C24H12NO.Ir/c26-24-19-6-2-1-5-17(19)18-11-10-15(12-20(18)24)22-13-16-9-8-14-4-3-7-21(25-22)23(14)16;/h1-9,11-13H;/q-1;. The van der Waals surface area contributed by atoms with E-state index in [-0.39, 0.29) is 25.9 Å². The van der Waals surface area contributed by atoms with Gasteiger partial charge in [0, 0.05) is 31.1 Å². The van der Waals surface area contributed by atoms with E-state index in [0.717, 1.165) is 39.0 Å². The summed E-state index contributed by atoms with van der Waals surface area (Å²) in [5, 5.41) is 1.20. The quantitative estimate of drug-likeness (QED) is 0.271. The monoisotopic (exact) mass is 523 g/mol. The number of nitrogens with zero attached hydrogens (tertiary/aromatic N) is 1. The summed E-state index contributed by atoms with van der Waals surface area (Å²) in [5.74, 6) is 0.0818. The van der Waals surface area contributed by atoms with Gasteiger partial charge in [-0.2, -0.15) is 0 Å². The van der Waals surface area contributed by atoms with Crippen molar-refractivity contribution in [3.05, 3.63) is 89.0 Å². The molecule has 2 aliphatic carbocycles. The van der Waals surface area contributed by atoms with Crippen molar-refractivity contribution in [3.63, 3.8) is 0 Å². The van der Waals surface area contributed by atoms with E-state index in [1.54, 1.807) is 0 Å². The molecular formula is C24H12IrNO-. The number of rotatable bonds is 1. The third-order valence-corrected chi connectivity index (χ3v) is 5.27. The van der Waals surface area contributed by atoms with Gasteiger partial charge in [-0.05, 0) is 28.5 Å². The summed E-state index contributed by atoms with van der Waals surface area (Å²) >= 11 is 0. The summed E-state index contributed by atoms with van der Waals surface area (Å²) in [6.45, 7) is 0. The second-order valence-electron chi connectivity index (χ2n) is 6.72. The van der Waals surface area contributed by atoms with Crippen molar-refractivity contribution in [2.75, 3.05) is 0 Å². The molecule has 0 aliphatic heterocycles. The molecule has 0 amide bonds. The average Bonchev–Trinajstić information content (AvgIpc) is 3.23. The summed E-state index contributed by atoms with van der Waals surface area (Å²) in [5.41, 5.74) is 8.52. The van der Waals surface area contributed by atoms with Crippen LogP contribution in [0.25, 0.3) is 45.4 Å². The van der Waals surface area contributed by atoms with Crippen LogP contribution in [0.1, 0.15) is 27.0 Å². The second-order valence-corrected chi connectivity index (χ2v) is 6.72. The van der Waals surface area contributed by atoms with Crippen LogP contribution < -0.4 is 0 Å². The van der Waals surface area contributed by atoms with E-state index in [1.165, 1.54) is 16.5 Å². The minimum atomic E-state index is 0. The van der Waals surface area contributed by atoms with Gasteiger partial charge in [0.1, 0.15) is 0 Å². The smallest absolute Gasteiger partial charge is 0.175 e. The first kappa shape index (κ1) is 16.3. The Balaban J connectivity index is 0.00000160. The number of benzene rings is 3. The molecule has 0 saturated heterocycles. The predicted molar refractivity (Wildman–Crippen MR) is 104 cm³/mol. The number of carbonyl (C=O) groups is 1. The van der Waals surface area contributed by atoms with Crippen LogP contribution >= 0.6 is 0 Å². The van der Waals surface area contributed by atoms with Gasteiger partial charge in [-0.1, -0.05) is 65.7 Å². The third kappa shape index (κ3) is 2.22. The summed E-state index contributed by atoms with van der Waals surface area (Å²) in [6.07, 6.45) is 4.24. The summed E-state index contributed by atoms with van der Waals surface area (Å²) < 4.78 is 0. The largest absolute Gasteiger partial charge is 0.296 e. The first-order valence-electron chi connectivity index (χ1n) is 8.62. The Kier molecular flexibility index (Phi) is 3.51. The molecular weight excluding hydrogens is 510 g/mol. The molecule has 3 aromatic carbocycles. The van der Waals surface area contributed by atoms with Gasteiger partial charge < -0.3 is 0 Å². The van der Waals surface area contributed by atoms with Gasteiger partial charge in [0.25, 0.3) is 0 Å². The number of ketones is 1. The van der Waals surface area contributed by atoms with Crippen molar-refractivity contribution in [3.8, 4) is 22.4 Å². The number of aromatic nitrogens is 1. The number of pyridine rings is 1. The molecule has 2 aliphatic rings. The zero-order valence-electron chi connectivity index (χ0n) is 14.1. The number of fused-ring (bicyclic) bond motifs is 3. The topological polar surface area (TPSA) is 30.0 Å². The third-order valence-electron chi connectivity index (χ3n) is 5.27. The molecule has 3 heteroatoms. The van der Waals surface area contributed by atoms with Crippen molar-refractivity contribution in [1.82, 2.24) is 4.98 Å². The van der Waals surface area contributed by atoms with Crippen molar-refractivity contribution in [1.29, 1.82) is 0 Å². The molecule has 6 rings (SSSR count). The van der Waals surface area contributed by atoms with E-state index in [0.29, 0.717) is 0 Å². The van der Waals surface area contributed by atoms with Gasteiger partial charge in [0.05, 0.1) is 5.52 Å². The first-order chi connectivity index (χ1) is 12.8. The molecule has 1 aromatic heterocycles. The Morgan fingerprint density at radius 2 is 1.59 bits per heavy atom. The van der Waals surface area contributed by atoms with Crippen LogP contribution in [0.4, 0.5) is 0 Å². The fourth-order valence-corrected chi connectivity index (χ4v) is 4.05. The van der Waals surface area contributed by atoms with Crippen LogP contribution in [-0.2, 0) is 20.1 Å². The van der Waals surface area contributed by atoms with Crippen molar-refractivity contribution < 1.29 is 24.9 Å². The molecule has 1 heterocycles. The number of hydrogen-bond acceptors (Lipinski definition) is 2.